The van der Waals surface area contributed by atoms with Crippen LogP contribution >= 0.6 is 0 Å². The Hall–Kier alpha value is -1.92. The van der Waals surface area contributed by atoms with E-state index >= 15 is 0 Å². The zero-order chi connectivity index (χ0) is 17.4. The molecule has 0 spiro atoms. The van der Waals surface area contributed by atoms with Gasteiger partial charge in [0.05, 0.1) is 18.3 Å². The number of aromatic nitrogens is 3. The highest BCUT2D eigenvalue weighted by Crippen LogP contribution is 2.29. The quantitative estimate of drug-likeness (QED) is 0.850. The Morgan fingerprint density at radius 2 is 2.25 bits per heavy atom. The average Bonchev–Trinajstić information content (AvgIpc) is 3.26. The SMILES string of the molecule is CC.Cc1cncc(OCC(N)CN2CCC[C@@H]2c2ncc[nH]2)c1. The molecule has 3 heterocycles. The zero-order valence-electron chi connectivity index (χ0n) is 14.9. The molecule has 0 aliphatic carbocycles. The van der Waals surface area contributed by atoms with Crippen molar-refractivity contribution >= 4 is 0 Å². The van der Waals surface area contributed by atoms with Gasteiger partial charge in [0.2, 0.25) is 0 Å². The maximum Gasteiger partial charge on any atom is 0.137 e. The van der Waals surface area contributed by atoms with Crippen LogP contribution in [0.25, 0.3) is 0 Å². The topological polar surface area (TPSA) is 80.1 Å². The van der Waals surface area contributed by atoms with E-state index in [0.717, 1.165) is 36.6 Å². The molecule has 0 saturated carbocycles. The lowest BCUT2D eigenvalue weighted by molar-refractivity contribution is 0.197. The van der Waals surface area contributed by atoms with Crippen LogP contribution in [0.15, 0.2) is 30.9 Å². The van der Waals surface area contributed by atoms with Crippen molar-refractivity contribution in [3.8, 4) is 5.75 Å². The fourth-order valence-electron chi connectivity index (χ4n) is 2.98. The number of aromatic amines is 1. The molecule has 24 heavy (non-hydrogen) atoms. The summed E-state index contributed by atoms with van der Waals surface area (Å²) in [6.07, 6.45) is 9.52. The van der Waals surface area contributed by atoms with Gasteiger partial charge in [-0.3, -0.25) is 9.88 Å². The third-order valence-corrected chi connectivity index (χ3v) is 3.98. The van der Waals surface area contributed by atoms with Crippen LogP contribution in [-0.4, -0.2) is 45.6 Å². The Kier molecular flexibility index (Phi) is 7.21. The lowest BCUT2D eigenvalue weighted by Crippen LogP contribution is -2.41. The first-order chi connectivity index (χ1) is 11.7. The second kappa shape index (κ2) is 9.39. The molecule has 2 aromatic rings. The van der Waals surface area contributed by atoms with Crippen LogP contribution < -0.4 is 10.5 Å². The third-order valence-electron chi connectivity index (χ3n) is 3.98. The van der Waals surface area contributed by atoms with Crippen molar-refractivity contribution in [3.63, 3.8) is 0 Å². The molecular weight excluding hydrogens is 302 g/mol. The van der Waals surface area contributed by atoms with E-state index < -0.39 is 0 Å². The van der Waals surface area contributed by atoms with Gasteiger partial charge >= 0.3 is 0 Å². The van der Waals surface area contributed by atoms with E-state index in [9.17, 15) is 0 Å². The summed E-state index contributed by atoms with van der Waals surface area (Å²) in [6.45, 7) is 8.36. The van der Waals surface area contributed by atoms with Crippen molar-refractivity contribution in [1.82, 2.24) is 19.9 Å². The van der Waals surface area contributed by atoms with Gasteiger partial charge in [-0.2, -0.15) is 0 Å². The molecule has 6 nitrogen and oxygen atoms in total. The summed E-state index contributed by atoms with van der Waals surface area (Å²) >= 11 is 0. The van der Waals surface area contributed by atoms with Crippen molar-refractivity contribution < 1.29 is 4.74 Å². The molecule has 3 N–H and O–H groups in total. The predicted molar refractivity (Wildman–Crippen MR) is 95.9 cm³/mol. The molecule has 2 atom stereocenters. The first kappa shape index (κ1) is 18.4. The van der Waals surface area contributed by atoms with E-state index in [4.69, 9.17) is 10.5 Å². The molecule has 1 saturated heterocycles. The van der Waals surface area contributed by atoms with E-state index in [1.807, 2.05) is 39.2 Å². The Morgan fingerprint density at radius 1 is 1.42 bits per heavy atom. The maximum absolute atomic E-state index is 6.24. The van der Waals surface area contributed by atoms with Gasteiger partial charge in [-0.25, -0.2) is 4.98 Å². The van der Waals surface area contributed by atoms with Crippen LogP contribution in [0.4, 0.5) is 0 Å². The molecule has 2 aromatic heterocycles. The van der Waals surface area contributed by atoms with Crippen LogP contribution in [-0.2, 0) is 0 Å². The van der Waals surface area contributed by atoms with Crippen molar-refractivity contribution in [1.29, 1.82) is 0 Å². The molecule has 1 unspecified atom stereocenters. The molecule has 1 aliphatic rings. The minimum atomic E-state index is -0.0314. The molecule has 0 aromatic carbocycles. The number of rotatable bonds is 6. The van der Waals surface area contributed by atoms with Crippen molar-refractivity contribution in [3.05, 3.63) is 42.2 Å². The largest absolute Gasteiger partial charge is 0.490 e. The summed E-state index contributed by atoms with van der Waals surface area (Å²) in [5, 5.41) is 0. The number of hydrogen-bond acceptors (Lipinski definition) is 5. The van der Waals surface area contributed by atoms with Crippen LogP contribution in [0.5, 0.6) is 5.75 Å². The van der Waals surface area contributed by atoms with Gasteiger partial charge < -0.3 is 15.5 Å². The summed E-state index contributed by atoms with van der Waals surface area (Å²) in [7, 11) is 0. The molecular formula is C18H29N5O. The zero-order valence-corrected chi connectivity index (χ0v) is 14.9. The van der Waals surface area contributed by atoms with Gasteiger partial charge in [-0.15, -0.1) is 0 Å². The first-order valence-electron chi connectivity index (χ1n) is 8.76. The number of nitrogens with zero attached hydrogens (tertiary/aromatic N) is 3. The number of nitrogens with two attached hydrogens (primary N) is 1. The summed E-state index contributed by atoms with van der Waals surface area (Å²) in [5.74, 6) is 1.81. The monoisotopic (exact) mass is 331 g/mol. The van der Waals surface area contributed by atoms with E-state index in [1.54, 1.807) is 12.4 Å². The van der Waals surface area contributed by atoms with Gasteiger partial charge in [0.15, 0.2) is 0 Å². The Bertz CT molecular complexity index is 587. The Labute approximate surface area is 144 Å². The fraction of sp³-hybridized carbons (Fsp3) is 0.556. The van der Waals surface area contributed by atoms with Gasteiger partial charge in [-0.1, -0.05) is 13.8 Å². The van der Waals surface area contributed by atoms with Crippen LogP contribution in [0.3, 0.4) is 0 Å². The number of ether oxygens (including phenoxy) is 1. The van der Waals surface area contributed by atoms with E-state index in [1.165, 1.54) is 6.42 Å². The molecule has 0 bridgehead atoms. The van der Waals surface area contributed by atoms with Crippen LogP contribution in [0.1, 0.15) is 44.1 Å². The lowest BCUT2D eigenvalue weighted by atomic mass is 10.2. The number of H-pyrrole nitrogens is 1. The summed E-state index contributed by atoms with van der Waals surface area (Å²) in [6, 6.07) is 2.29. The van der Waals surface area contributed by atoms with E-state index in [0.29, 0.717) is 12.6 Å². The predicted octanol–water partition coefficient (Wildman–Crippen LogP) is 2.68. The second-order valence-corrected chi connectivity index (χ2v) is 5.90. The molecule has 3 rings (SSSR count). The van der Waals surface area contributed by atoms with Gasteiger partial charge in [0.1, 0.15) is 18.2 Å². The smallest absolute Gasteiger partial charge is 0.137 e. The summed E-state index contributed by atoms with van der Waals surface area (Å²) in [4.78, 5) is 14.1. The molecule has 132 valence electrons. The van der Waals surface area contributed by atoms with Crippen LogP contribution in [0.2, 0.25) is 0 Å². The number of hydrogen-bond donors (Lipinski definition) is 2. The number of aryl methyl sites for hydroxylation is 1. The van der Waals surface area contributed by atoms with E-state index in [2.05, 4.69) is 19.9 Å². The molecule has 6 heteroatoms. The number of pyridine rings is 1. The van der Waals surface area contributed by atoms with Crippen LogP contribution in [0, 0.1) is 6.92 Å². The highest BCUT2D eigenvalue weighted by molar-refractivity contribution is 5.22. The number of imidazole rings is 1. The highest BCUT2D eigenvalue weighted by Gasteiger charge is 2.28. The standard InChI is InChI=1S/C16H23N5O.C2H6/c1-12-7-14(9-18-8-12)22-11-13(17)10-21-6-2-3-15(21)16-19-4-5-20-16;1-2/h4-5,7-9,13,15H,2-3,6,10-11,17H2,1H3,(H,19,20);1-2H3/t13?,15-;/m1./s1. The first-order valence-corrected chi connectivity index (χ1v) is 8.76. The molecule has 1 fully saturated rings. The summed E-state index contributed by atoms with van der Waals surface area (Å²) < 4.78 is 5.75. The average molecular weight is 331 g/mol. The fourth-order valence-corrected chi connectivity index (χ4v) is 2.98. The minimum absolute atomic E-state index is 0.0314. The minimum Gasteiger partial charge on any atom is -0.490 e. The van der Waals surface area contributed by atoms with E-state index in [-0.39, 0.29) is 6.04 Å². The van der Waals surface area contributed by atoms with Crippen molar-refractivity contribution in [2.75, 3.05) is 19.7 Å². The maximum atomic E-state index is 6.24. The second-order valence-electron chi connectivity index (χ2n) is 5.90. The highest BCUT2D eigenvalue weighted by atomic mass is 16.5. The number of likely N-dealkylation sites (tertiary alicyclic amines) is 1. The lowest BCUT2D eigenvalue weighted by Gasteiger charge is -2.26. The number of nitrogens with one attached hydrogen (secondary N) is 1. The third kappa shape index (κ3) is 5.04. The molecule has 1 aliphatic heterocycles. The molecule has 0 amide bonds. The normalized spacial score (nSPS) is 18.8. The Morgan fingerprint density at radius 3 is 2.96 bits per heavy atom. The van der Waals surface area contributed by atoms with Gasteiger partial charge in [0, 0.05) is 25.1 Å². The van der Waals surface area contributed by atoms with Crippen molar-refractivity contribution in [2.24, 2.45) is 5.73 Å². The Balaban J connectivity index is 0.00000100. The molecule has 0 radical (unpaired) electrons. The van der Waals surface area contributed by atoms with Gasteiger partial charge in [-0.05, 0) is 37.9 Å². The van der Waals surface area contributed by atoms with Gasteiger partial charge in [0.25, 0.3) is 0 Å². The van der Waals surface area contributed by atoms with Crippen molar-refractivity contribution in [2.45, 2.75) is 45.7 Å². The summed E-state index contributed by atoms with van der Waals surface area (Å²) in [5.41, 5.74) is 7.32.